The van der Waals surface area contributed by atoms with E-state index in [-0.39, 0.29) is 11.8 Å². The highest BCUT2D eigenvalue weighted by Crippen LogP contribution is 2.22. The van der Waals surface area contributed by atoms with Crippen LogP contribution in [0.4, 0.5) is 0 Å². The normalized spacial score (nSPS) is 28.3. The van der Waals surface area contributed by atoms with Crippen LogP contribution in [0.2, 0.25) is 0 Å². The minimum absolute atomic E-state index is 0.0984. The molecule has 2 N–H and O–H groups in total. The maximum absolute atomic E-state index is 10.6. The summed E-state index contributed by atoms with van der Waals surface area (Å²) < 4.78 is 0. The highest BCUT2D eigenvalue weighted by molar-refractivity contribution is 5.69. The van der Waals surface area contributed by atoms with E-state index in [4.69, 9.17) is 10.3 Å². The Hall–Kier alpha value is -0.610. The van der Waals surface area contributed by atoms with Gasteiger partial charge in [0.1, 0.15) is 0 Å². The zero-order chi connectivity index (χ0) is 9.14. The van der Waals surface area contributed by atoms with Crippen molar-refractivity contribution >= 4 is 5.97 Å². The summed E-state index contributed by atoms with van der Waals surface area (Å²) in [6, 6.07) is 0. The molecule has 0 aromatic rings. The largest absolute Gasteiger partial charge is 0.481 e. The lowest BCUT2D eigenvalue weighted by Crippen LogP contribution is -2.37. The Labute approximate surface area is 71.8 Å². The fourth-order valence-electron chi connectivity index (χ4n) is 1.60. The van der Waals surface area contributed by atoms with E-state index >= 15 is 0 Å². The standard InChI is InChI=1S/C8H15NO3/c1-6(8(10)11)7-3-2-4-9(12)5-7/h6-7,12H,2-5H2,1H3,(H,10,11). The smallest absolute Gasteiger partial charge is 0.306 e. The van der Waals surface area contributed by atoms with Crippen LogP contribution in [0.15, 0.2) is 0 Å². The van der Waals surface area contributed by atoms with Crippen molar-refractivity contribution in [2.45, 2.75) is 19.8 Å². The van der Waals surface area contributed by atoms with Gasteiger partial charge in [-0.3, -0.25) is 4.79 Å². The molecule has 1 rings (SSSR count). The second-order valence-electron chi connectivity index (χ2n) is 3.44. The third kappa shape index (κ3) is 2.19. The van der Waals surface area contributed by atoms with Gasteiger partial charge in [0.2, 0.25) is 0 Å². The molecule has 0 bridgehead atoms. The monoisotopic (exact) mass is 173 g/mol. The maximum Gasteiger partial charge on any atom is 0.306 e. The topological polar surface area (TPSA) is 60.8 Å². The minimum atomic E-state index is -0.768. The molecule has 1 fully saturated rings. The second kappa shape index (κ2) is 3.87. The summed E-state index contributed by atoms with van der Waals surface area (Å²) in [6.07, 6.45) is 1.79. The van der Waals surface area contributed by atoms with Crippen LogP contribution in [0, 0.1) is 11.8 Å². The summed E-state index contributed by atoms with van der Waals surface area (Å²) >= 11 is 0. The number of piperidine rings is 1. The molecule has 0 aliphatic carbocycles. The lowest BCUT2D eigenvalue weighted by Gasteiger charge is -2.30. The van der Waals surface area contributed by atoms with Gasteiger partial charge in [0, 0.05) is 13.1 Å². The molecule has 0 aromatic carbocycles. The molecule has 0 saturated carbocycles. The molecular formula is C8H15NO3. The third-order valence-corrected chi connectivity index (χ3v) is 2.53. The lowest BCUT2D eigenvalue weighted by atomic mass is 9.87. The molecule has 4 heteroatoms. The van der Waals surface area contributed by atoms with Gasteiger partial charge in [-0.15, -0.1) is 0 Å². The molecule has 0 spiro atoms. The molecule has 1 heterocycles. The first kappa shape index (κ1) is 9.48. The van der Waals surface area contributed by atoms with Crippen molar-refractivity contribution in [2.75, 3.05) is 13.1 Å². The molecule has 1 saturated heterocycles. The van der Waals surface area contributed by atoms with E-state index in [0.717, 1.165) is 12.8 Å². The van der Waals surface area contributed by atoms with Gasteiger partial charge < -0.3 is 10.3 Å². The highest BCUT2D eigenvalue weighted by atomic mass is 16.5. The van der Waals surface area contributed by atoms with E-state index in [0.29, 0.717) is 13.1 Å². The van der Waals surface area contributed by atoms with E-state index in [1.54, 1.807) is 6.92 Å². The van der Waals surface area contributed by atoms with Gasteiger partial charge in [-0.05, 0) is 18.8 Å². The number of carboxylic acids is 1. The number of hydrogen-bond acceptors (Lipinski definition) is 3. The van der Waals surface area contributed by atoms with Gasteiger partial charge in [0.15, 0.2) is 0 Å². The number of hydroxylamine groups is 2. The Kier molecular flexibility index (Phi) is 3.05. The Morgan fingerprint density at radius 1 is 1.67 bits per heavy atom. The summed E-state index contributed by atoms with van der Waals surface area (Å²) in [4.78, 5) is 10.6. The van der Waals surface area contributed by atoms with Crippen LogP contribution in [0.1, 0.15) is 19.8 Å². The summed E-state index contributed by atoms with van der Waals surface area (Å²) in [5, 5.41) is 19.1. The lowest BCUT2D eigenvalue weighted by molar-refractivity contribution is -0.150. The number of hydrogen-bond donors (Lipinski definition) is 2. The van der Waals surface area contributed by atoms with E-state index < -0.39 is 5.97 Å². The molecule has 2 atom stereocenters. The second-order valence-corrected chi connectivity index (χ2v) is 3.44. The minimum Gasteiger partial charge on any atom is -0.481 e. The summed E-state index contributed by atoms with van der Waals surface area (Å²) in [5.74, 6) is -1.02. The number of rotatable bonds is 2. The summed E-state index contributed by atoms with van der Waals surface area (Å²) in [7, 11) is 0. The fourth-order valence-corrected chi connectivity index (χ4v) is 1.60. The van der Waals surface area contributed by atoms with Crippen molar-refractivity contribution in [1.29, 1.82) is 0 Å². The number of nitrogens with zero attached hydrogens (tertiary/aromatic N) is 1. The zero-order valence-corrected chi connectivity index (χ0v) is 7.23. The molecule has 0 aromatic heterocycles. The Morgan fingerprint density at radius 3 is 2.83 bits per heavy atom. The van der Waals surface area contributed by atoms with Gasteiger partial charge in [0.05, 0.1) is 5.92 Å². The number of carboxylic acid groups (broad SMARTS) is 1. The van der Waals surface area contributed by atoms with Crippen LogP contribution < -0.4 is 0 Å². The Balaban J connectivity index is 2.45. The first-order valence-corrected chi connectivity index (χ1v) is 4.28. The van der Waals surface area contributed by atoms with E-state index in [2.05, 4.69) is 0 Å². The quantitative estimate of drug-likeness (QED) is 0.648. The van der Waals surface area contributed by atoms with E-state index in [1.165, 1.54) is 5.06 Å². The van der Waals surface area contributed by atoms with Crippen LogP contribution in [0.3, 0.4) is 0 Å². The Morgan fingerprint density at radius 2 is 2.33 bits per heavy atom. The van der Waals surface area contributed by atoms with Crippen molar-refractivity contribution in [3.63, 3.8) is 0 Å². The van der Waals surface area contributed by atoms with Crippen LogP contribution in [-0.2, 0) is 4.79 Å². The fraction of sp³-hybridized carbons (Fsp3) is 0.875. The molecule has 4 nitrogen and oxygen atoms in total. The predicted octanol–water partition coefficient (Wildman–Crippen LogP) is 0.808. The molecule has 2 unspecified atom stereocenters. The van der Waals surface area contributed by atoms with E-state index in [9.17, 15) is 4.79 Å². The van der Waals surface area contributed by atoms with Gasteiger partial charge >= 0.3 is 5.97 Å². The van der Waals surface area contributed by atoms with Crippen molar-refractivity contribution in [3.8, 4) is 0 Å². The Bertz CT molecular complexity index is 172. The SMILES string of the molecule is CC(C(=O)O)C1CCCN(O)C1. The van der Waals surface area contributed by atoms with Crippen molar-refractivity contribution < 1.29 is 15.1 Å². The molecule has 0 amide bonds. The maximum atomic E-state index is 10.6. The van der Waals surface area contributed by atoms with Crippen LogP contribution >= 0.6 is 0 Å². The average Bonchev–Trinajstić information content (AvgIpc) is 2.03. The highest BCUT2D eigenvalue weighted by Gasteiger charge is 2.27. The molecule has 70 valence electrons. The molecule has 0 radical (unpaired) electrons. The third-order valence-electron chi connectivity index (χ3n) is 2.53. The molecule has 1 aliphatic heterocycles. The first-order valence-electron chi connectivity index (χ1n) is 4.28. The van der Waals surface area contributed by atoms with Crippen molar-refractivity contribution in [1.82, 2.24) is 5.06 Å². The summed E-state index contributed by atoms with van der Waals surface area (Å²) in [6.45, 7) is 2.86. The zero-order valence-electron chi connectivity index (χ0n) is 7.23. The molecule has 12 heavy (non-hydrogen) atoms. The van der Waals surface area contributed by atoms with Gasteiger partial charge in [-0.2, -0.15) is 5.06 Å². The number of aliphatic carboxylic acids is 1. The van der Waals surface area contributed by atoms with Crippen LogP contribution in [0.5, 0.6) is 0 Å². The van der Waals surface area contributed by atoms with Crippen molar-refractivity contribution in [3.05, 3.63) is 0 Å². The molecule has 1 aliphatic rings. The summed E-state index contributed by atoms with van der Waals surface area (Å²) in [5.41, 5.74) is 0. The van der Waals surface area contributed by atoms with Crippen LogP contribution in [0.25, 0.3) is 0 Å². The van der Waals surface area contributed by atoms with E-state index in [1.807, 2.05) is 0 Å². The van der Waals surface area contributed by atoms with Gasteiger partial charge in [-0.25, -0.2) is 0 Å². The van der Waals surface area contributed by atoms with Crippen molar-refractivity contribution in [2.24, 2.45) is 11.8 Å². The van der Waals surface area contributed by atoms with Gasteiger partial charge in [0.25, 0.3) is 0 Å². The average molecular weight is 173 g/mol. The molecular weight excluding hydrogens is 158 g/mol. The van der Waals surface area contributed by atoms with Gasteiger partial charge in [-0.1, -0.05) is 6.92 Å². The first-order chi connectivity index (χ1) is 5.61. The van der Waals surface area contributed by atoms with Crippen LogP contribution in [-0.4, -0.2) is 34.4 Å². The number of carbonyl (C=O) groups is 1. The predicted molar refractivity (Wildman–Crippen MR) is 42.9 cm³/mol.